The molecule has 1 saturated heterocycles. The molecule has 4 heterocycles. The highest BCUT2D eigenvalue weighted by Crippen LogP contribution is 2.43. The van der Waals surface area contributed by atoms with Crippen molar-refractivity contribution < 1.29 is 9.32 Å². The molecule has 1 aliphatic carbocycles. The van der Waals surface area contributed by atoms with Crippen LogP contribution in [0.2, 0.25) is 0 Å². The van der Waals surface area contributed by atoms with Gasteiger partial charge in [0.2, 0.25) is 17.6 Å². The number of hydrogen-bond acceptors (Lipinski definition) is 7. The number of rotatable bonds is 4. The maximum absolute atomic E-state index is 13.5. The Morgan fingerprint density at radius 1 is 1.06 bits per heavy atom. The van der Waals surface area contributed by atoms with Gasteiger partial charge in [-0.05, 0) is 24.5 Å². The van der Waals surface area contributed by atoms with Gasteiger partial charge in [-0.15, -0.1) is 0 Å². The lowest BCUT2D eigenvalue weighted by atomic mass is 9.74. The molecule has 2 aliphatic rings. The van der Waals surface area contributed by atoms with Gasteiger partial charge in [0.25, 0.3) is 0 Å². The first-order valence-electron chi connectivity index (χ1n) is 10.9. The Morgan fingerprint density at radius 3 is 2.61 bits per heavy atom. The Labute approximate surface area is 181 Å². The van der Waals surface area contributed by atoms with Crippen LogP contribution in [0, 0.1) is 5.41 Å². The van der Waals surface area contributed by atoms with Crippen molar-refractivity contribution in [2.24, 2.45) is 5.41 Å². The second-order valence-electron chi connectivity index (χ2n) is 8.88. The monoisotopic (exact) mass is 418 g/mol. The third kappa shape index (κ3) is 3.82. The summed E-state index contributed by atoms with van der Waals surface area (Å²) in [6, 6.07) is 3.99. The molecule has 0 spiro atoms. The molecule has 0 bridgehead atoms. The highest BCUT2D eigenvalue weighted by Gasteiger charge is 2.45. The predicted molar refractivity (Wildman–Crippen MR) is 113 cm³/mol. The molecule has 8 nitrogen and oxygen atoms in total. The van der Waals surface area contributed by atoms with Crippen molar-refractivity contribution >= 4 is 5.91 Å². The highest BCUT2D eigenvalue weighted by molar-refractivity contribution is 5.83. The van der Waals surface area contributed by atoms with Crippen LogP contribution in [0.3, 0.4) is 0 Å². The van der Waals surface area contributed by atoms with Crippen LogP contribution in [0.5, 0.6) is 0 Å². The summed E-state index contributed by atoms with van der Waals surface area (Å²) in [7, 11) is 0. The average Bonchev–Trinajstić information content (AvgIpc) is 3.48. The van der Waals surface area contributed by atoms with Gasteiger partial charge in [-0.1, -0.05) is 37.4 Å². The number of carbonyl (C=O) groups excluding carboxylic acids is 1. The van der Waals surface area contributed by atoms with E-state index in [4.69, 9.17) is 4.52 Å². The van der Waals surface area contributed by atoms with Crippen LogP contribution in [0.25, 0.3) is 11.5 Å². The van der Waals surface area contributed by atoms with Crippen LogP contribution in [0.15, 0.2) is 47.6 Å². The van der Waals surface area contributed by atoms with Crippen molar-refractivity contribution in [1.82, 2.24) is 30.0 Å². The molecule has 0 aromatic carbocycles. The fourth-order valence-electron chi connectivity index (χ4n) is 4.99. The minimum absolute atomic E-state index is 0.0556. The van der Waals surface area contributed by atoms with Crippen molar-refractivity contribution in [3.8, 4) is 11.5 Å². The van der Waals surface area contributed by atoms with Crippen LogP contribution in [-0.4, -0.2) is 49.0 Å². The average molecular weight is 419 g/mol. The molecule has 31 heavy (non-hydrogen) atoms. The van der Waals surface area contributed by atoms with E-state index in [1.807, 2.05) is 17.2 Å². The van der Waals surface area contributed by atoms with Gasteiger partial charge < -0.3 is 9.42 Å². The topological polar surface area (TPSA) is 97.9 Å². The first kappa shape index (κ1) is 19.8. The van der Waals surface area contributed by atoms with Gasteiger partial charge in [0, 0.05) is 49.2 Å². The predicted octanol–water partition coefficient (Wildman–Crippen LogP) is 3.60. The standard InChI is InChI=1S/C23H26N6O2/c1-23(7-3-2-4-8-23)22(30)29-14-17(16-6-5-9-24-12-16)18(15-29)21-27-20(28-31-21)19-13-25-10-11-26-19/h5-6,9-13,17-18H,2-4,7-8,14-15H2,1H3/t17-,18+/m0/s1. The van der Waals surface area contributed by atoms with Gasteiger partial charge in [-0.3, -0.25) is 14.8 Å². The zero-order valence-electron chi connectivity index (χ0n) is 17.6. The molecule has 1 aliphatic heterocycles. The molecule has 1 saturated carbocycles. The van der Waals surface area contributed by atoms with Crippen molar-refractivity contribution in [2.75, 3.05) is 13.1 Å². The molecular weight excluding hydrogens is 392 g/mol. The summed E-state index contributed by atoms with van der Waals surface area (Å²) >= 11 is 0. The molecule has 2 atom stereocenters. The lowest BCUT2D eigenvalue weighted by Gasteiger charge is -2.35. The first-order valence-corrected chi connectivity index (χ1v) is 10.9. The molecule has 5 rings (SSSR count). The summed E-state index contributed by atoms with van der Waals surface area (Å²) in [6.45, 7) is 3.32. The smallest absolute Gasteiger partial charge is 0.232 e. The Morgan fingerprint density at radius 2 is 1.87 bits per heavy atom. The number of aromatic nitrogens is 5. The number of carbonyl (C=O) groups is 1. The highest BCUT2D eigenvalue weighted by atomic mass is 16.5. The van der Waals surface area contributed by atoms with E-state index in [-0.39, 0.29) is 23.2 Å². The van der Waals surface area contributed by atoms with E-state index in [1.165, 1.54) is 6.42 Å². The number of pyridine rings is 1. The van der Waals surface area contributed by atoms with Gasteiger partial charge >= 0.3 is 0 Å². The fraction of sp³-hybridized carbons (Fsp3) is 0.478. The zero-order valence-corrected chi connectivity index (χ0v) is 17.6. The van der Waals surface area contributed by atoms with Crippen LogP contribution in [-0.2, 0) is 4.79 Å². The Balaban J connectivity index is 1.44. The zero-order chi connectivity index (χ0) is 21.3. The maximum Gasteiger partial charge on any atom is 0.232 e. The van der Waals surface area contributed by atoms with Crippen molar-refractivity contribution in [3.05, 3.63) is 54.6 Å². The first-order chi connectivity index (χ1) is 15.1. The molecule has 2 fully saturated rings. The lowest BCUT2D eigenvalue weighted by Crippen LogP contribution is -2.42. The summed E-state index contributed by atoms with van der Waals surface area (Å²) in [4.78, 5) is 32.8. The Bertz CT molecular complexity index is 1030. The fourth-order valence-corrected chi connectivity index (χ4v) is 4.99. The molecule has 160 valence electrons. The molecule has 3 aromatic rings. The number of likely N-dealkylation sites (tertiary alicyclic amines) is 1. The van der Waals surface area contributed by atoms with Crippen LogP contribution in [0.4, 0.5) is 0 Å². The normalized spacial score (nSPS) is 23.1. The molecule has 8 heteroatoms. The number of hydrogen-bond donors (Lipinski definition) is 0. The lowest BCUT2D eigenvalue weighted by molar-refractivity contribution is -0.142. The van der Waals surface area contributed by atoms with Crippen molar-refractivity contribution in [3.63, 3.8) is 0 Å². The van der Waals surface area contributed by atoms with Crippen LogP contribution in [0.1, 0.15) is 62.3 Å². The van der Waals surface area contributed by atoms with Crippen LogP contribution < -0.4 is 0 Å². The minimum atomic E-state index is -0.272. The van der Waals surface area contributed by atoms with Crippen molar-refractivity contribution in [1.29, 1.82) is 0 Å². The molecule has 3 aromatic heterocycles. The second-order valence-corrected chi connectivity index (χ2v) is 8.88. The summed E-state index contributed by atoms with van der Waals surface area (Å²) in [6.07, 6.45) is 13.8. The third-order valence-corrected chi connectivity index (χ3v) is 6.74. The van der Waals surface area contributed by atoms with Gasteiger partial charge in [0.05, 0.1) is 12.1 Å². The van der Waals surface area contributed by atoms with Gasteiger partial charge in [-0.25, -0.2) is 4.98 Å². The number of amides is 1. The van der Waals surface area contributed by atoms with E-state index in [0.717, 1.165) is 31.2 Å². The van der Waals surface area contributed by atoms with Crippen molar-refractivity contribution in [2.45, 2.75) is 50.9 Å². The minimum Gasteiger partial charge on any atom is -0.341 e. The van der Waals surface area contributed by atoms with Gasteiger partial charge in [0.1, 0.15) is 5.69 Å². The Kier molecular flexibility index (Phi) is 5.21. The van der Waals surface area contributed by atoms with Gasteiger partial charge in [0.15, 0.2) is 0 Å². The van der Waals surface area contributed by atoms with E-state index in [2.05, 4.69) is 38.1 Å². The quantitative estimate of drug-likeness (QED) is 0.638. The van der Waals surface area contributed by atoms with E-state index in [9.17, 15) is 4.79 Å². The van der Waals surface area contributed by atoms with E-state index in [1.54, 1.807) is 24.8 Å². The van der Waals surface area contributed by atoms with E-state index < -0.39 is 0 Å². The Hall–Kier alpha value is -3.16. The van der Waals surface area contributed by atoms with E-state index in [0.29, 0.717) is 30.5 Å². The molecule has 0 N–H and O–H groups in total. The largest absolute Gasteiger partial charge is 0.341 e. The number of nitrogens with zero attached hydrogens (tertiary/aromatic N) is 6. The summed E-state index contributed by atoms with van der Waals surface area (Å²) < 4.78 is 5.67. The summed E-state index contributed by atoms with van der Waals surface area (Å²) in [5.74, 6) is 1.16. The van der Waals surface area contributed by atoms with Crippen LogP contribution >= 0.6 is 0 Å². The third-order valence-electron chi connectivity index (χ3n) is 6.74. The molecule has 1 amide bonds. The summed E-state index contributed by atoms with van der Waals surface area (Å²) in [5, 5.41) is 4.12. The summed E-state index contributed by atoms with van der Waals surface area (Å²) in [5.41, 5.74) is 1.37. The SMILES string of the molecule is CC1(C(=O)N2C[C@@H](c3cccnc3)[C@H](c3nc(-c4cnccn4)no3)C2)CCCCC1. The van der Waals surface area contributed by atoms with E-state index >= 15 is 0 Å². The van der Waals surface area contributed by atoms with Gasteiger partial charge in [-0.2, -0.15) is 4.98 Å². The molecule has 0 radical (unpaired) electrons. The molecule has 0 unspecified atom stereocenters. The maximum atomic E-state index is 13.5. The molecular formula is C23H26N6O2. The second kappa shape index (κ2) is 8.17.